The van der Waals surface area contributed by atoms with E-state index in [0.717, 1.165) is 36.3 Å². The summed E-state index contributed by atoms with van der Waals surface area (Å²) >= 11 is 3.01. The van der Waals surface area contributed by atoms with Gasteiger partial charge in [-0.3, -0.25) is 9.36 Å². The van der Waals surface area contributed by atoms with E-state index >= 15 is 0 Å². The molecule has 1 atom stereocenters. The average molecular weight is 435 g/mol. The van der Waals surface area contributed by atoms with E-state index in [1.807, 2.05) is 5.38 Å². The molecule has 8 heteroatoms. The van der Waals surface area contributed by atoms with Gasteiger partial charge in [0.1, 0.15) is 10.6 Å². The summed E-state index contributed by atoms with van der Waals surface area (Å²) in [5, 5.41) is 3.20. The van der Waals surface area contributed by atoms with Crippen LogP contribution in [0.4, 0.5) is 4.39 Å². The van der Waals surface area contributed by atoms with Crippen LogP contribution in [-0.2, 0) is 16.0 Å². The van der Waals surface area contributed by atoms with Crippen LogP contribution in [0.15, 0.2) is 39.6 Å². The number of thiophene rings is 1. The molecular formula is C21H23FN2O3S2. The Bertz CT molecular complexity index is 1030. The molecule has 2 aromatic heterocycles. The Hall–Kier alpha value is -1.74. The predicted molar refractivity (Wildman–Crippen MR) is 115 cm³/mol. The molecule has 0 aliphatic carbocycles. The molecule has 0 unspecified atom stereocenters. The summed E-state index contributed by atoms with van der Waals surface area (Å²) in [6.07, 6.45) is 3.55. The monoisotopic (exact) mass is 434 g/mol. The molecule has 1 aliphatic rings. The summed E-state index contributed by atoms with van der Waals surface area (Å²) in [5.74, 6) is 0.480. The van der Waals surface area contributed by atoms with Crippen molar-refractivity contribution in [2.24, 2.45) is 0 Å². The van der Waals surface area contributed by atoms with Crippen LogP contribution in [0.25, 0.3) is 21.3 Å². The van der Waals surface area contributed by atoms with E-state index in [1.54, 1.807) is 35.6 Å². The third-order valence-corrected chi connectivity index (χ3v) is 6.99. The second-order valence-electron chi connectivity index (χ2n) is 6.98. The van der Waals surface area contributed by atoms with Gasteiger partial charge in [0.15, 0.2) is 5.16 Å². The van der Waals surface area contributed by atoms with Crippen molar-refractivity contribution in [3.63, 3.8) is 0 Å². The molecule has 1 aliphatic heterocycles. The number of hydrogen-bond donors (Lipinski definition) is 0. The SMILES string of the molecule is COCCn1c(SC[C@@H]2CCCCO2)nc2scc(-c3ccc(F)cc3)c2c1=O. The third-order valence-electron chi connectivity index (χ3n) is 5.01. The van der Waals surface area contributed by atoms with Gasteiger partial charge in [0.2, 0.25) is 0 Å². The molecule has 29 heavy (non-hydrogen) atoms. The first-order chi connectivity index (χ1) is 14.2. The van der Waals surface area contributed by atoms with Crippen LogP contribution < -0.4 is 5.56 Å². The number of halogens is 1. The lowest BCUT2D eigenvalue weighted by Crippen LogP contribution is -2.26. The fraction of sp³-hybridized carbons (Fsp3) is 0.429. The molecule has 1 saturated heterocycles. The largest absolute Gasteiger partial charge is 0.383 e. The van der Waals surface area contributed by atoms with Crippen molar-refractivity contribution < 1.29 is 13.9 Å². The number of methoxy groups -OCH3 is 1. The number of nitrogens with zero attached hydrogens (tertiary/aromatic N) is 2. The highest BCUT2D eigenvalue weighted by atomic mass is 32.2. The van der Waals surface area contributed by atoms with Gasteiger partial charge in [0.25, 0.3) is 5.56 Å². The van der Waals surface area contributed by atoms with Crippen molar-refractivity contribution in [1.82, 2.24) is 9.55 Å². The van der Waals surface area contributed by atoms with Crippen LogP contribution in [0.3, 0.4) is 0 Å². The number of benzene rings is 1. The number of hydrogen-bond acceptors (Lipinski definition) is 6. The van der Waals surface area contributed by atoms with Crippen molar-refractivity contribution >= 4 is 33.3 Å². The van der Waals surface area contributed by atoms with Crippen LogP contribution in [0.1, 0.15) is 19.3 Å². The highest BCUT2D eigenvalue weighted by Gasteiger charge is 2.20. The van der Waals surface area contributed by atoms with E-state index < -0.39 is 0 Å². The summed E-state index contributed by atoms with van der Waals surface area (Å²) < 4.78 is 26.0. The van der Waals surface area contributed by atoms with E-state index in [9.17, 15) is 9.18 Å². The Morgan fingerprint density at radius 1 is 1.34 bits per heavy atom. The van der Waals surface area contributed by atoms with Crippen molar-refractivity contribution in [3.8, 4) is 11.1 Å². The fourth-order valence-electron chi connectivity index (χ4n) is 3.44. The quantitative estimate of drug-likeness (QED) is 0.403. The van der Waals surface area contributed by atoms with Gasteiger partial charge in [-0.15, -0.1) is 11.3 Å². The van der Waals surface area contributed by atoms with Crippen LogP contribution in [0.2, 0.25) is 0 Å². The summed E-state index contributed by atoms with van der Waals surface area (Å²) in [7, 11) is 1.62. The van der Waals surface area contributed by atoms with Gasteiger partial charge in [-0.05, 0) is 37.0 Å². The maximum absolute atomic E-state index is 13.4. The van der Waals surface area contributed by atoms with Crippen LogP contribution in [0.5, 0.6) is 0 Å². The van der Waals surface area contributed by atoms with E-state index in [2.05, 4.69) is 0 Å². The van der Waals surface area contributed by atoms with Gasteiger partial charge in [-0.2, -0.15) is 0 Å². The molecule has 0 bridgehead atoms. The summed E-state index contributed by atoms with van der Waals surface area (Å²) in [4.78, 5) is 18.9. The summed E-state index contributed by atoms with van der Waals surface area (Å²) in [6, 6.07) is 6.20. The zero-order valence-corrected chi connectivity index (χ0v) is 17.9. The second-order valence-corrected chi connectivity index (χ2v) is 8.83. The molecule has 1 aromatic carbocycles. The van der Waals surface area contributed by atoms with E-state index in [4.69, 9.17) is 14.5 Å². The summed E-state index contributed by atoms with van der Waals surface area (Å²) in [6.45, 7) is 1.67. The molecule has 3 aromatic rings. The lowest BCUT2D eigenvalue weighted by atomic mass is 10.1. The normalized spacial score (nSPS) is 17.1. The Labute approximate surface area is 176 Å². The van der Waals surface area contributed by atoms with Gasteiger partial charge in [0, 0.05) is 30.4 Å². The number of ether oxygens (including phenoxy) is 2. The zero-order chi connectivity index (χ0) is 20.2. The highest BCUT2D eigenvalue weighted by molar-refractivity contribution is 7.99. The highest BCUT2D eigenvalue weighted by Crippen LogP contribution is 2.32. The second kappa shape index (κ2) is 9.38. The van der Waals surface area contributed by atoms with Crippen molar-refractivity contribution in [2.75, 3.05) is 26.1 Å². The van der Waals surface area contributed by atoms with Gasteiger partial charge in [-0.1, -0.05) is 23.9 Å². The minimum atomic E-state index is -0.299. The van der Waals surface area contributed by atoms with Crippen LogP contribution in [-0.4, -0.2) is 41.7 Å². The molecule has 0 spiro atoms. The van der Waals surface area contributed by atoms with Crippen LogP contribution in [0, 0.1) is 5.82 Å². The molecule has 5 nitrogen and oxygen atoms in total. The molecule has 4 rings (SSSR count). The Balaban J connectivity index is 1.71. The van der Waals surface area contributed by atoms with Gasteiger partial charge < -0.3 is 9.47 Å². The minimum Gasteiger partial charge on any atom is -0.383 e. The number of aromatic nitrogens is 2. The Morgan fingerprint density at radius 2 is 2.17 bits per heavy atom. The van der Waals surface area contributed by atoms with Gasteiger partial charge in [-0.25, -0.2) is 9.37 Å². The third kappa shape index (κ3) is 4.55. The maximum Gasteiger partial charge on any atom is 0.263 e. The van der Waals surface area contributed by atoms with Crippen LogP contribution >= 0.6 is 23.1 Å². The lowest BCUT2D eigenvalue weighted by molar-refractivity contribution is 0.0315. The Kier molecular flexibility index (Phi) is 6.64. The molecule has 0 radical (unpaired) electrons. The first kappa shape index (κ1) is 20.5. The smallest absolute Gasteiger partial charge is 0.263 e. The maximum atomic E-state index is 13.4. The first-order valence-electron chi connectivity index (χ1n) is 9.68. The topological polar surface area (TPSA) is 53.4 Å². The van der Waals surface area contributed by atoms with E-state index in [0.29, 0.717) is 28.5 Å². The first-order valence-corrected chi connectivity index (χ1v) is 11.5. The van der Waals surface area contributed by atoms with E-state index in [1.165, 1.54) is 29.9 Å². The number of fused-ring (bicyclic) bond motifs is 1. The van der Waals surface area contributed by atoms with E-state index in [-0.39, 0.29) is 17.5 Å². The minimum absolute atomic E-state index is 0.0836. The predicted octanol–water partition coefficient (Wildman–Crippen LogP) is 4.57. The number of thioether (sulfide) groups is 1. The average Bonchev–Trinajstić information content (AvgIpc) is 3.17. The number of rotatable bonds is 7. The Morgan fingerprint density at radius 3 is 2.90 bits per heavy atom. The zero-order valence-electron chi connectivity index (χ0n) is 16.2. The standard InChI is InChI=1S/C21H23FN2O3S2/c1-26-11-9-24-20(25)18-17(14-5-7-15(22)8-6-14)13-28-19(18)23-21(24)29-12-16-4-2-3-10-27-16/h5-8,13,16H,2-4,9-12H2,1H3/t16-/m0/s1. The van der Waals surface area contributed by atoms with Gasteiger partial charge in [0.05, 0.1) is 24.6 Å². The molecule has 0 N–H and O–H groups in total. The van der Waals surface area contributed by atoms with Crippen molar-refractivity contribution in [2.45, 2.75) is 37.1 Å². The fourth-order valence-corrected chi connectivity index (χ4v) is 5.52. The molecule has 154 valence electrons. The van der Waals surface area contributed by atoms with Crippen molar-refractivity contribution in [3.05, 3.63) is 45.8 Å². The molecule has 0 saturated carbocycles. The lowest BCUT2D eigenvalue weighted by Gasteiger charge is -2.22. The molecule has 1 fully saturated rings. The van der Waals surface area contributed by atoms with Crippen molar-refractivity contribution in [1.29, 1.82) is 0 Å². The molecule has 0 amide bonds. The molecular weight excluding hydrogens is 411 g/mol. The molecule has 3 heterocycles. The van der Waals surface area contributed by atoms with Gasteiger partial charge >= 0.3 is 0 Å². The summed E-state index contributed by atoms with van der Waals surface area (Å²) in [5.41, 5.74) is 1.52.